The lowest BCUT2D eigenvalue weighted by atomic mass is 9.76. The molecule has 2 atom stereocenters. The molecule has 0 radical (unpaired) electrons. The highest BCUT2D eigenvalue weighted by atomic mass is 16.5. The van der Waals surface area contributed by atoms with Gasteiger partial charge in [0, 0.05) is 36.4 Å². The first-order valence-corrected chi connectivity index (χ1v) is 9.61. The van der Waals surface area contributed by atoms with Gasteiger partial charge in [-0.2, -0.15) is 5.10 Å². The number of fused-ring (bicyclic) bond motifs is 1. The number of aliphatic hydroxyl groups excluding tert-OH is 1. The van der Waals surface area contributed by atoms with Crippen LogP contribution in [0.5, 0.6) is 0 Å². The monoisotopic (exact) mass is 369 g/mol. The molecule has 2 aromatic rings. The van der Waals surface area contributed by atoms with Crippen molar-refractivity contribution < 1.29 is 14.6 Å². The summed E-state index contributed by atoms with van der Waals surface area (Å²) in [6.45, 7) is 6.61. The van der Waals surface area contributed by atoms with Gasteiger partial charge >= 0.3 is 0 Å². The Kier molecular flexibility index (Phi) is 4.78. The molecule has 2 aliphatic heterocycles. The predicted molar refractivity (Wildman–Crippen MR) is 102 cm³/mol. The zero-order valence-corrected chi connectivity index (χ0v) is 16.0. The van der Waals surface area contributed by atoms with Crippen molar-refractivity contribution >= 4 is 5.91 Å². The van der Waals surface area contributed by atoms with Gasteiger partial charge < -0.3 is 14.7 Å². The van der Waals surface area contributed by atoms with E-state index in [4.69, 9.17) is 4.74 Å². The molecule has 0 unspecified atom stereocenters. The Labute approximate surface area is 159 Å². The van der Waals surface area contributed by atoms with E-state index in [0.29, 0.717) is 32.0 Å². The van der Waals surface area contributed by atoms with E-state index in [1.807, 2.05) is 53.8 Å². The number of aryl methyl sites for hydroxylation is 1. The Balaban J connectivity index is 1.53. The maximum atomic E-state index is 13.0. The van der Waals surface area contributed by atoms with E-state index in [2.05, 4.69) is 5.10 Å². The maximum Gasteiger partial charge on any atom is 0.227 e. The van der Waals surface area contributed by atoms with Gasteiger partial charge in [0.2, 0.25) is 5.91 Å². The number of carbonyl (C=O) groups is 1. The van der Waals surface area contributed by atoms with Crippen molar-refractivity contribution in [3.63, 3.8) is 0 Å². The van der Waals surface area contributed by atoms with Crippen LogP contribution in [0.2, 0.25) is 0 Å². The summed E-state index contributed by atoms with van der Waals surface area (Å²) in [5, 5.41) is 14.6. The molecule has 144 valence electrons. The molecule has 2 saturated heterocycles. The number of hydrogen-bond donors (Lipinski definition) is 1. The zero-order valence-electron chi connectivity index (χ0n) is 16.0. The Morgan fingerprint density at radius 2 is 2.11 bits per heavy atom. The minimum atomic E-state index is -0.285. The highest BCUT2D eigenvalue weighted by molar-refractivity contribution is 5.79. The van der Waals surface area contributed by atoms with Crippen LogP contribution >= 0.6 is 0 Å². The second-order valence-corrected chi connectivity index (χ2v) is 7.91. The van der Waals surface area contributed by atoms with Gasteiger partial charge in [-0.05, 0) is 38.3 Å². The lowest BCUT2D eigenvalue weighted by molar-refractivity contribution is -0.130. The summed E-state index contributed by atoms with van der Waals surface area (Å²) in [5.41, 5.74) is 3.60. The van der Waals surface area contributed by atoms with Crippen LogP contribution in [0.1, 0.15) is 23.4 Å². The van der Waals surface area contributed by atoms with E-state index in [1.165, 1.54) is 0 Å². The Morgan fingerprint density at radius 1 is 1.33 bits per heavy atom. The van der Waals surface area contributed by atoms with Crippen molar-refractivity contribution in [2.45, 2.75) is 26.7 Å². The van der Waals surface area contributed by atoms with Gasteiger partial charge in [0.15, 0.2) is 0 Å². The molecule has 2 fully saturated rings. The van der Waals surface area contributed by atoms with Crippen molar-refractivity contribution in [2.24, 2.45) is 11.3 Å². The maximum absolute atomic E-state index is 13.0. The standard InChI is InChI=1S/C21H27N3O3/c1-15-19(16(2)24(22-15)18-6-4-3-5-7-18)10-20(26)23-11-17-8-9-27-14-21(17,12-23)13-25/h3-7,17,25H,8-14H2,1-2H3/t17-,21+/m0/s1. The van der Waals surface area contributed by atoms with Crippen LogP contribution in [-0.2, 0) is 16.0 Å². The molecule has 0 saturated carbocycles. The fourth-order valence-electron chi connectivity index (χ4n) is 4.52. The third kappa shape index (κ3) is 3.17. The van der Waals surface area contributed by atoms with E-state index in [-0.39, 0.29) is 17.9 Å². The number of nitrogens with zero attached hydrogens (tertiary/aromatic N) is 3. The third-order valence-electron chi connectivity index (χ3n) is 6.25. The number of likely N-dealkylation sites (tertiary alicyclic amines) is 1. The molecule has 0 aliphatic carbocycles. The van der Waals surface area contributed by atoms with Crippen LogP contribution in [0, 0.1) is 25.2 Å². The van der Waals surface area contributed by atoms with E-state index in [9.17, 15) is 9.90 Å². The number of carbonyl (C=O) groups excluding carboxylic acids is 1. The number of aliphatic hydroxyl groups is 1. The van der Waals surface area contributed by atoms with Crippen LogP contribution in [0.25, 0.3) is 5.69 Å². The fourth-order valence-corrected chi connectivity index (χ4v) is 4.52. The van der Waals surface area contributed by atoms with E-state index < -0.39 is 0 Å². The van der Waals surface area contributed by atoms with Crippen LogP contribution in [0.15, 0.2) is 30.3 Å². The Bertz CT molecular complexity index is 833. The number of hydrogen-bond acceptors (Lipinski definition) is 4. The SMILES string of the molecule is Cc1nn(-c2ccccc2)c(C)c1CC(=O)N1C[C@@H]2CCOC[C@]2(CO)C1. The van der Waals surface area contributed by atoms with E-state index >= 15 is 0 Å². The molecule has 4 rings (SSSR count). The Morgan fingerprint density at radius 3 is 2.81 bits per heavy atom. The third-order valence-corrected chi connectivity index (χ3v) is 6.25. The number of ether oxygens (including phenoxy) is 1. The van der Waals surface area contributed by atoms with Crippen LogP contribution in [-0.4, -0.2) is 58.6 Å². The van der Waals surface area contributed by atoms with Gasteiger partial charge in [0.25, 0.3) is 0 Å². The highest BCUT2D eigenvalue weighted by Gasteiger charge is 2.49. The Hall–Kier alpha value is -2.18. The number of rotatable bonds is 4. The van der Waals surface area contributed by atoms with Gasteiger partial charge in [-0.15, -0.1) is 0 Å². The minimum absolute atomic E-state index is 0.0748. The summed E-state index contributed by atoms with van der Waals surface area (Å²) >= 11 is 0. The molecule has 27 heavy (non-hydrogen) atoms. The van der Waals surface area contributed by atoms with Crippen LogP contribution in [0.4, 0.5) is 0 Å². The quantitative estimate of drug-likeness (QED) is 0.894. The first kappa shape index (κ1) is 18.2. The first-order valence-electron chi connectivity index (χ1n) is 9.61. The average molecular weight is 369 g/mol. The second-order valence-electron chi connectivity index (χ2n) is 7.91. The number of aromatic nitrogens is 2. The van der Waals surface area contributed by atoms with Crippen LogP contribution in [0.3, 0.4) is 0 Å². The number of benzene rings is 1. The van der Waals surface area contributed by atoms with Crippen molar-refractivity contribution in [1.82, 2.24) is 14.7 Å². The van der Waals surface area contributed by atoms with Crippen molar-refractivity contribution in [2.75, 3.05) is 32.9 Å². The second kappa shape index (κ2) is 7.09. The molecule has 0 bridgehead atoms. The topological polar surface area (TPSA) is 67.6 Å². The lowest BCUT2D eigenvalue weighted by Crippen LogP contribution is -2.43. The number of amides is 1. The molecule has 6 nitrogen and oxygen atoms in total. The summed E-state index contributed by atoms with van der Waals surface area (Å²) < 4.78 is 7.51. The van der Waals surface area contributed by atoms with Gasteiger partial charge in [0.1, 0.15) is 0 Å². The fraction of sp³-hybridized carbons (Fsp3) is 0.524. The van der Waals surface area contributed by atoms with Crippen molar-refractivity contribution in [3.8, 4) is 5.69 Å². The summed E-state index contributed by atoms with van der Waals surface area (Å²) in [7, 11) is 0. The highest BCUT2D eigenvalue weighted by Crippen LogP contribution is 2.41. The van der Waals surface area contributed by atoms with E-state index in [0.717, 1.165) is 35.7 Å². The molecule has 6 heteroatoms. The minimum Gasteiger partial charge on any atom is -0.396 e. The van der Waals surface area contributed by atoms with Crippen LogP contribution < -0.4 is 0 Å². The molecular weight excluding hydrogens is 342 g/mol. The van der Waals surface area contributed by atoms with Gasteiger partial charge in [-0.25, -0.2) is 4.68 Å². The zero-order chi connectivity index (χ0) is 19.0. The smallest absolute Gasteiger partial charge is 0.227 e. The molecular formula is C21H27N3O3. The lowest BCUT2D eigenvalue weighted by Gasteiger charge is -2.36. The summed E-state index contributed by atoms with van der Waals surface area (Å²) in [5.74, 6) is 0.436. The normalized spacial score (nSPS) is 24.9. The molecule has 1 amide bonds. The summed E-state index contributed by atoms with van der Waals surface area (Å²) in [4.78, 5) is 14.9. The average Bonchev–Trinajstić information content (AvgIpc) is 3.22. The molecule has 0 spiro atoms. The first-order chi connectivity index (χ1) is 13.0. The molecule has 1 aromatic carbocycles. The summed E-state index contributed by atoms with van der Waals surface area (Å²) in [6, 6.07) is 9.98. The summed E-state index contributed by atoms with van der Waals surface area (Å²) in [6.07, 6.45) is 1.26. The van der Waals surface area contributed by atoms with Crippen molar-refractivity contribution in [1.29, 1.82) is 0 Å². The molecule has 1 N–H and O–H groups in total. The van der Waals surface area contributed by atoms with Crippen molar-refractivity contribution in [3.05, 3.63) is 47.3 Å². The molecule has 2 aliphatic rings. The predicted octanol–water partition coefficient (Wildman–Crippen LogP) is 1.89. The van der Waals surface area contributed by atoms with Gasteiger partial charge in [-0.3, -0.25) is 4.79 Å². The molecule has 1 aromatic heterocycles. The van der Waals surface area contributed by atoms with Gasteiger partial charge in [0.05, 0.1) is 31.0 Å². The van der Waals surface area contributed by atoms with Gasteiger partial charge in [-0.1, -0.05) is 18.2 Å². The van der Waals surface area contributed by atoms with E-state index in [1.54, 1.807) is 0 Å². The largest absolute Gasteiger partial charge is 0.396 e. The number of para-hydroxylation sites is 1. The molecule has 3 heterocycles.